The van der Waals surface area contributed by atoms with E-state index in [1.807, 2.05) is 13.8 Å². The summed E-state index contributed by atoms with van der Waals surface area (Å²) in [5.74, 6) is 0.468. The van der Waals surface area contributed by atoms with Gasteiger partial charge in [0.2, 0.25) is 5.91 Å². The van der Waals surface area contributed by atoms with E-state index in [2.05, 4.69) is 5.32 Å². The molecule has 7 heteroatoms. The Morgan fingerprint density at radius 2 is 2.11 bits per heavy atom. The third-order valence-corrected chi connectivity index (χ3v) is 6.45. The average Bonchev–Trinajstić information content (AvgIpc) is 2.98. The molecule has 0 saturated heterocycles. The Labute approximate surface area is 121 Å². The molecule has 1 aromatic rings. The number of hydrogen-bond acceptors (Lipinski definition) is 4. The molecule has 1 N–H and O–H groups in total. The maximum atomic E-state index is 11.9. The predicted octanol–water partition coefficient (Wildman–Crippen LogP) is 2.52. The summed E-state index contributed by atoms with van der Waals surface area (Å²) in [5, 5.41) is 3.00. The molecule has 0 unspecified atom stereocenters. The first-order chi connectivity index (χ1) is 8.68. The topological polar surface area (TPSA) is 63.2 Å². The third-order valence-electron chi connectivity index (χ3n) is 3.27. The molecule has 1 aliphatic rings. The third kappa shape index (κ3) is 3.94. The van der Waals surface area contributed by atoms with Crippen molar-refractivity contribution in [1.82, 2.24) is 5.32 Å². The molecule has 0 bridgehead atoms. The van der Waals surface area contributed by atoms with Gasteiger partial charge in [0.05, 0.1) is 6.42 Å². The second-order valence-corrected chi connectivity index (χ2v) is 9.34. The number of carbonyl (C=O) groups is 1. The molecule has 106 valence electrons. The second-order valence-electron chi connectivity index (χ2n) is 5.38. The molecule has 1 aromatic heterocycles. The Balaban J connectivity index is 1.97. The summed E-state index contributed by atoms with van der Waals surface area (Å²) >= 11 is 1.04. The molecule has 4 nitrogen and oxygen atoms in total. The molecule has 1 amide bonds. The van der Waals surface area contributed by atoms with Crippen molar-refractivity contribution < 1.29 is 13.2 Å². The summed E-state index contributed by atoms with van der Waals surface area (Å²) in [6.45, 7) is 4.04. The molecule has 2 rings (SSSR count). The van der Waals surface area contributed by atoms with Gasteiger partial charge < -0.3 is 5.32 Å². The Kier molecular flexibility index (Phi) is 3.95. The van der Waals surface area contributed by atoms with Gasteiger partial charge >= 0.3 is 0 Å². The van der Waals surface area contributed by atoms with E-state index in [0.29, 0.717) is 10.8 Å². The van der Waals surface area contributed by atoms with Crippen LogP contribution >= 0.6 is 22.0 Å². The van der Waals surface area contributed by atoms with Crippen LogP contribution in [-0.2, 0) is 20.3 Å². The first kappa shape index (κ1) is 14.8. The van der Waals surface area contributed by atoms with E-state index < -0.39 is 9.05 Å². The number of carbonyl (C=O) groups excluding carboxylic acids is 1. The van der Waals surface area contributed by atoms with Crippen LogP contribution in [0.5, 0.6) is 0 Å². The van der Waals surface area contributed by atoms with Gasteiger partial charge in [0.25, 0.3) is 9.05 Å². The highest BCUT2D eigenvalue weighted by Crippen LogP contribution is 2.39. The van der Waals surface area contributed by atoms with Gasteiger partial charge in [0, 0.05) is 21.1 Å². The van der Waals surface area contributed by atoms with Crippen molar-refractivity contribution >= 4 is 37.0 Å². The largest absolute Gasteiger partial charge is 0.351 e. The van der Waals surface area contributed by atoms with Crippen LogP contribution < -0.4 is 5.32 Å². The highest BCUT2D eigenvalue weighted by atomic mass is 35.7. The molecule has 0 atom stereocenters. The van der Waals surface area contributed by atoms with Crippen LogP contribution in [0.25, 0.3) is 0 Å². The molecular weight excluding hydrogens is 306 g/mol. The van der Waals surface area contributed by atoms with Crippen molar-refractivity contribution in [2.45, 2.75) is 42.9 Å². The minimum atomic E-state index is -3.70. The Morgan fingerprint density at radius 1 is 1.47 bits per heavy atom. The fourth-order valence-corrected chi connectivity index (χ4v) is 4.17. The highest BCUT2D eigenvalue weighted by Gasteiger charge is 2.38. The Hall–Kier alpha value is -0.590. The van der Waals surface area contributed by atoms with Gasteiger partial charge in [-0.15, -0.1) is 11.3 Å². The van der Waals surface area contributed by atoms with Crippen molar-refractivity contribution in [3.05, 3.63) is 17.0 Å². The van der Waals surface area contributed by atoms with Crippen LogP contribution in [-0.4, -0.2) is 19.9 Å². The fourth-order valence-electron chi connectivity index (χ4n) is 2.05. The molecule has 1 aliphatic carbocycles. The summed E-state index contributed by atoms with van der Waals surface area (Å²) in [4.78, 5) is 12.6. The average molecular weight is 322 g/mol. The van der Waals surface area contributed by atoms with Gasteiger partial charge in [-0.25, -0.2) is 8.42 Å². The zero-order chi connectivity index (χ0) is 14.3. The van der Waals surface area contributed by atoms with E-state index in [1.54, 1.807) is 6.07 Å². The zero-order valence-electron chi connectivity index (χ0n) is 10.8. The van der Waals surface area contributed by atoms with E-state index in [0.717, 1.165) is 24.2 Å². The SMILES string of the molecule is CC(C)(NC(=O)Cc1ccc(S(=O)(=O)Cl)s1)C1CC1. The normalized spacial score (nSPS) is 16.4. The number of rotatable bonds is 5. The van der Waals surface area contributed by atoms with Crippen LogP contribution in [0, 0.1) is 5.92 Å². The van der Waals surface area contributed by atoms with Crippen LogP contribution in [0.3, 0.4) is 0 Å². The second kappa shape index (κ2) is 5.07. The molecule has 0 spiro atoms. The highest BCUT2D eigenvalue weighted by molar-refractivity contribution is 8.15. The number of amides is 1. The first-order valence-electron chi connectivity index (χ1n) is 6.03. The molecule has 1 heterocycles. The van der Waals surface area contributed by atoms with Gasteiger partial charge in [0.1, 0.15) is 4.21 Å². The lowest BCUT2D eigenvalue weighted by molar-refractivity contribution is -0.122. The zero-order valence-corrected chi connectivity index (χ0v) is 13.2. The molecule has 0 aliphatic heterocycles. The Bertz CT molecular complexity index is 588. The molecule has 19 heavy (non-hydrogen) atoms. The van der Waals surface area contributed by atoms with E-state index in [1.165, 1.54) is 6.07 Å². The minimum absolute atomic E-state index is 0.0819. The first-order valence-corrected chi connectivity index (χ1v) is 9.15. The minimum Gasteiger partial charge on any atom is -0.351 e. The van der Waals surface area contributed by atoms with Crippen LogP contribution in [0.15, 0.2) is 16.3 Å². The number of hydrogen-bond donors (Lipinski definition) is 1. The van der Waals surface area contributed by atoms with E-state index in [9.17, 15) is 13.2 Å². The van der Waals surface area contributed by atoms with Crippen molar-refractivity contribution in [3.8, 4) is 0 Å². The summed E-state index contributed by atoms with van der Waals surface area (Å²) in [6.07, 6.45) is 2.50. The van der Waals surface area contributed by atoms with Crippen LogP contribution in [0.4, 0.5) is 0 Å². The standard InChI is InChI=1S/C12H16ClNO3S2/c1-12(2,8-3-4-8)14-10(15)7-9-5-6-11(18-9)19(13,16)17/h5-6,8H,3-4,7H2,1-2H3,(H,14,15). The molecular formula is C12H16ClNO3S2. The molecule has 1 fully saturated rings. The van der Waals surface area contributed by atoms with Crippen LogP contribution in [0.1, 0.15) is 31.6 Å². The summed E-state index contributed by atoms with van der Waals surface area (Å²) in [5.41, 5.74) is -0.185. The van der Waals surface area contributed by atoms with Crippen molar-refractivity contribution in [1.29, 1.82) is 0 Å². The lowest BCUT2D eigenvalue weighted by Crippen LogP contribution is -2.45. The summed E-state index contributed by atoms with van der Waals surface area (Å²) < 4.78 is 22.3. The number of nitrogens with one attached hydrogen (secondary N) is 1. The van der Waals surface area contributed by atoms with Crippen molar-refractivity contribution in [2.75, 3.05) is 0 Å². The van der Waals surface area contributed by atoms with Crippen molar-refractivity contribution in [3.63, 3.8) is 0 Å². The van der Waals surface area contributed by atoms with Gasteiger partial charge in [-0.05, 0) is 44.7 Å². The van der Waals surface area contributed by atoms with E-state index in [4.69, 9.17) is 10.7 Å². The Morgan fingerprint density at radius 3 is 2.58 bits per heavy atom. The van der Waals surface area contributed by atoms with Gasteiger partial charge in [-0.2, -0.15) is 0 Å². The molecule has 1 saturated carbocycles. The van der Waals surface area contributed by atoms with E-state index in [-0.39, 0.29) is 22.1 Å². The maximum Gasteiger partial charge on any atom is 0.270 e. The quantitative estimate of drug-likeness (QED) is 0.848. The molecule has 0 radical (unpaired) electrons. The number of halogens is 1. The maximum absolute atomic E-state index is 11.9. The number of thiophene rings is 1. The summed E-state index contributed by atoms with van der Waals surface area (Å²) in [7, 11) is 1.55. The lowest BCUT2D eigenvalue weighted by atomic mass is 9.98. The van der Waals surface area contributed by atoms with E-state index >= 15 is 0 Å². The summed E-state index contributed by atoms with van der Waals surface area (Å²) in [6, 6.07) is 3.06. The van der Waals surface area contributed by atoms with Crippen LogP contribution in [0.2, 0.25) is 0 Å². The monoisotopic (exact) mass is 321 g/mol. The van der Waals surface area contributed by atoms with Gasteiger partial charge in [-0.3, -0.25) is 4.79 Å². The van der Waals surface area contributed by atoms with Crippen molar-refractivity contribution in [2.24, 2.45) is 5.92 Å². The fraction of sp³-hybridized carbons (Fsp3) is 0.583. The lowest BCUT2D eigenvalue weighted by Gasteiger charge is -2.26. The van der Waals surface area contributed by atoms with Gasteiger partial charge in [0.15, 0.2) is 0 Å². The predicted molar refractivity (Wildman–Crippen MR) is 76.0 cm³/mol. The smallest absolute Gasteiger partial charge is 0.270 e. The van der Waals surface area contributed by atoms with Gasteiger partial charge in [-0.1, -0.05) is 0 Å². The molecule has 0 aromatic carbocycles.